The van der Waals surface area contributed by atoms with Gasteiger partial charge in [0.1, 0.15) is 11.0 Å². The quantitative estimate of drug-likeness (QED) is 0.566. The van der Waals surface area contributed by atoms with Crippen LogP contribution in [0.3, 0.4) is 0 Å². The lowest BCUT2D eigenvalue weighted by molar-refractivity contribution is -0.166. The fourth-order valence-corrected chi connectivity index (χ4v) is 0.949. The largest absolute Gasteiger partial charge is 0.410 e. The monoisotopic (exact) mass is 185 g/mol. The van der Waals surface area contributed by atoms with Crippen LogP contribution < -0.4 is 5.32 Å². The summed E-state index contributed by atoms with van der Waals surface area (Å²) in [5.41, 5.74) is 0. The maximum atomic E-state index is 11.9. The molecule has 0 aromatic carbocycles. The van der Waals surface area contributed by atoms with Gasteiger partial charge in [-0.2, -0.15) is 13.2 Å². The Balaban J connectivity index is 2.53. The van der Waals surface area contributed by atoms with E-state index in [4.69, 9.17) is 0 Å². The Hall–Kier alpha value is -0.360. The third kappa shape index (κ3) is 2.30. The first kappa shape index (κ1) is 8.73. The van der Waals surface area contributed by atoms with Gasteiger partial charge in [0.05, 0.1) is 13.2 Å². The van der Waals surface area contributed by atoms with E-state index >= 15 is 0 Å². The second-order valence-electron chi connectivity index (χ2n) is 2.18. The predicted molar refractivity (Wildman–Crippen MR) is 36.4 cm³/mol. The van der Waals surface area contributed by atoms with E-state index in [0.29, 0.717) is 0 Å². The molecule has 1 aliphatic heterocycles. The van der Waals surface area contributed by atoms with Gasteiger partial charge in [0.25, 0.3) is 0 Å². The van der Waals surface area contributed by atoms with Crippen molar-refractivity contribution in [3.8, 4) is 0 Å². The topological polar surface area (TPSA) is 21.3 Å². The molecule has 0 aromatic rings. The van der Waals surface area contributed by atoms with E-state index < -0.39 is 12.2 Å². The molecule has 1 fully saturated rings. The number of ether oxygens (including phenoxy) is 1. The standard InChI is InChI=1S/C5H6F3NOS/c6-5(7,8)3-1-10-2-4(11)9-3/h3H,1-2H2,(H,9,11). The van der Waals surface area contributed by atoms with Crippen LogP contribution in [0.25, 0.3) is 0 Å². The van der Waals surface area contributed by atoms with E-state index in [1.54, 1.807) is 0 Å². The van der Waals surface area contributed by atoms with Gasteiger partial charge in [-0.1, -0.05) is 12.2 Å². The summed E-state index contributed by atoms with van der Waals surface area (Å²) in [7, 11) is 0. The van der Waals surface area contributed by atoms with Crippen LogP contribution in [0.4, 0.5) is 13.2 Å². The number of nitrogens with one attached hydrogen (secondary N) is 1. The van der Waals surface area contributed by atoms with Crippen molar-refractivity contribution in [2.75, 3.05) is 13.2 Å². The fraction of sp³-hybridized carbons (Fsp3) is 0.800. The van der Waals surface area contributed by atoms with Crippen molar-refractivity contribution in [1.82, 2.24) is 5.32 Å². The SMILES string of the molecule is FC(F)(F)C1COCC(=S)N1. The molecule has 1 aliphatic rings. The zero-order valence-corrected chi connectivity index (χ0v) is 6.26. The molecule has 11 heavy (non-hydrogen) atoms. The summed E-state index contributed by atoms with van der Waals surface area (Å²) in [6.45, 7) is -0.272. The van der Waals surface area contributed by atoms with Crippen molar-refractivity contribution in [3.63, 3.8) is 0 Å². The zero-order valence-electron chi connectivity index (χ0n) is 5.44. The average Bonchev–Trinajstić information content (AvgIpc) is 1.86. The molecule has 1 N–H and O–H groups in total. The number of morpholine rings is 1. The number of hydrogen-bond acceptors (Lipinski definition) is 2. The molecule has 6 heteroatoms. The molecule has 0 aromatic heterocycles. The summed E-state index contributed by atoms with van der Waals surface area (Å²) < 4.78 is 40.3. The summed E-state index contributed by atoms with van der Waals surface area (Å²) in [6, 6.07) is -1.64. The van der Waals surface area contributed by atoms with Crippen LogP contribution >= 0.6 is 12.2 Å². The summed E-state index contributed by atoms with van der Waals surface area (Å²) in [5.74, 6) is 0. The van der Waals surface area contributed by atoms with Crippen LogP contribution in [0.1, 0.15) is 0 Å². The van der Waals surface area contributed by atoms with Crippen molar-refractivity contribution >= 4 is 17.2 Å². The Labute approximate surface area is 66.7 Å². The van der Waals surface area contributed by atoms with Crippen LogP contribution in [-0.2, 0) is 4.74 Å². The highest BCUT2D eigenvalue weighted by Gasteiger charge is 2.41. The molecule has 1 unspecified atom stereocenters. The lowest BCUT2D eigenvalue weighted by Crippen LogP contribution is -2.52. The molecular weight excluding hydrogens is 179 g/mol. The maximum Gasteiger partial charge on any atom is 0.410 e. The number of hydrogen-bond donors (Lipinski definition) is 1. The van der Waals surface area contributed by atoms with Gasteiger partial charge in [0, 0.05) is 0 Å². The molecule has 0 amide bonds. The van der Waals surface area contributed by atoms with Crippen LogP contribution in [0.15, 0.2) is 0 Å². The van der Waals surface area contributed by atoms with Crippen molar-refractivity contribution < 1.29 is 17.9 Å². The van der Waals surface area contributed by atoms with Crippen molar-refractivity contribution in [2.24, 2.45) is 0 Å². The Bertz CT molecular complexity index is 170. The van der Waals surface area contributed by atoms with Crippen LogP contribution in [0, 0.1) is 0 Å². The van der Waals surface area contributed by atoms with Crippen molar-refractivity contribution in [1.29, 1.82) is 0 Å². The first-order valence-corrected chi connectivity index (χ1v) is 3.35. The minimum Gasteiger partial charge on any atom is -0.372 e. The Morgan fingerprint density at radius 2 is 2.18 bits per heavy atom. The number of halogens is 3. The Morgan fingerprint density at radius 3 is 2.55 bits per heavy atom. The zero-order chi connectivity index (χ0) is 8.48. The Morgan fingerprint density at radius 1 is 1.55 bits per heavy atom. The molecule has 0 bridgehead atoms. The van der Waals surface area contributed by atoms with Gasteiger partial charge in [-0.15, -0.1) is 0 Å². The van der Waals surface area contributed by atoms with E-state index in [-0.39, 0.29) is 18.2 Å². The van der Waals surface area contributed by atoms with Crippen LogP contribution in [-0.4, -0.2) is 30.4 Å². The molecule has 0 aliphatic carbocycles. The molecular formula is C5H6F3NOS. The predicted octanol–water partition coefficient (Wildman–Crippen LogP) is 0.864. The molecule has 1 rings (SSSR count). The highest BCUT2D eigenvalue weighted by molar-refractivity contribution is 7.80. The van der Waals surface area contributed by atoms with Crippen LogP contribution in [0.5, 0.6) is 0 Å². The summed E-state index contributed by atoms with van der Waals surface area (Å²) in [4.78, 5) is 0.110. The third-order valence-electron chi connectivity index (χ3n) is 1.25. The molecule has 1 atom stereocenters. The van der Waals surface area contributed by atoms with E-state index in [2.05, 4.69) is 22.3 Å². The summed E-state index contributed by atoms with van der Waals surface area (Å²) in [5, 5.41) is 2.14. The number of thiocarbonyl (C=S) groups is 1. The van der Waals surface area contributed by atoms with Crippen LogP contribution in [0.2, 0.25) is 0 Å². The van der Waals surface area contributed by atoms with Gasteiger partial charge in [-0.25, -0.2) is 0 Å². The van der Waals surface area contributed by atoms with Gasteiger partial charge >= 0.3 is 6.18 Å². The molecule has 0 spiro atoms. The molecule has 1 saturated heterocycles. The van der Waals surface area contributed by atoms with Gasteiger partial charge in [0.2, 0.25) is 0 Å². The first-order valence-electron chi connectivity index (χ1n) is 2.94. The van der Waals surface area contributed by atoms with E-state index in [0.717, 1.165) is 0 Å². The van der Waals surface area contributed by atoms with Gasteiger partial charge < -0.3 is 10.1 Å². The maximum absolute atomic E-state index is 11.9. The second kappa shape index (κ2) is 2.94. The smallest absolute Gasteiger partial charge is 0.372 e. The van der Waals surface area contributed by atoms with Gasteiger partial charge in [-0.3, -0.25) is 0 Å². The lowest BCUT2D eigenvalue weighted by atomic mass is 10.3. The lowest BCUT2D eigenvalue weighted by Gasteiger charge is -2.26. The molecule has 2 nitrogen and oxygen atoms in total. The first-order chi connectivity index (χ1) is 5.00. The minimum absolute atomic E-state index is 0.0852. The van der Waals surface area contributed by atoms with E-state index in [1.165, 1.54) is 0 Å². The highest BCUT2D eigenvalue weighted by atomic mass is 32.1. The van der Waals surface area contributed by atoms with E-state index in [9.17, 15) is 13.2 Å². The summed E-state index contributed by atoms with van der Waals surface area (Å²) >= 11 is 4.52. The van der Waals surface area contributed by atoms with Gasteiger partial charge in [-0.05, 0) is 0 Å². The molecule has 1 heterocycles. The van der Waals surface area contributed by atoms with E-state index in [1.807, 2.05) is 0 Å². The number of alkyl halides is 3. The fourth-order valence-electron chi connectivity index (χ4n) is 0.723. The number of rotatable bonds is 0. The highest BCUT2D eigenvalue weighted by Crippen LogP contribution is 2.21. The minimum atomic E-state index is -4.27. The Kier molecular flexibility index (Phi) is 2.34. The van der Waals surface area contributed by atoms with Crippen molar-refractivity contribution in [3.05, 3.63) is 0 Å². The summed E-state index contributed by atoms with van der Waals surface area (Å²) in [6.07, 6.45) is -4.27. The molecule has 0 saturated carbocycles. The normalized spacial score (nSPS) is 26.5. The van der Waals surface area contributed by atoms with Gasteiger partial charge in [0.15, 0.2) is 0 Å². The molecule has 64 valence electrons. The average molecular weight is 185 g/mol. The second-order valence-corrected chi connectivity index (χ2v) is 2.67. The molecule has 0 radical (unpaired) electrons. The third-order valence-corrected chi connectivity index (χ3v) is 1.48. The van der Waals surface area contributed by atoms with Crippen molar-refractivity contribution in [2.45, 2.75) is 12.2 Å².